The molecule has 9 nitrogen and oxygen atoms in total. The van der Waals surface area contributed by atoms with E-state index in [1.807, 2.05) is 18.7 Å². The summed E-state index contributed by atoms with van der Waals surface area (Å²) >= 11 is 1.10. The zero-order chi connectivity index (χ0) is 26.8. The number of rotatable bonds is 8. The van der Waals surface area contributed by atoms with E-state index in [0.29, 0.717) is 43.7 Å². The summed E-state index contributed by atoms with van der Waals surface area (Å²) in [7, 11) is -7.15. The lowest BCUT2D eigenvalue weighted by Crippen LogP contribution is -2.48. The number of sulfone groups is 2. The molecule has 1 aliphatic heterocycles. The largest absolute Gasteiger partial charge is 0.492 e. The van der Waals surface area contributed by atoms with Crippen LogP contribution in [-0.4, -0.2) is 71.7 Å². The van der Waals surface area contributed by atoms with Crippen LogP contribution < -0.4 is 9.64 Å². The Morgan fingerprint density at radius 3 is 2.30 bits per heavy atom. The van der Waals surface area contributed by atoms with Crippen molar-refractivity contribution in [3.05, 3.63) is 60.3 Å². The van der Waals surface area contributed by atoms with Gasteiger partial charge in [0.25, 0.3) is 5.91 Å². The number of carbonyl (C=O) groups excluding carboxylic acids is 1. The standard InChI is InChI=1S/C25H29N3O6S3/c1-18(2)17-34-22-10-9-20(36(3,30)31)15-21(22)24(29)27-11-13-28(14-12-27)25-26-16-23(35-25)37(32,33)19-7-5-4-6-8-19/h4-10,15-16,18H,11-14,17H2,1-3H3. The number of piperazine rings is 1. The highest BCUT2D eigenvalue weighted by atomic mass is 32.2. The van der Waals surface area contributed by atoms with E-state index in [2.05, 4.69) is 4.98 Å². The van der Waals surface area contributed by atoms with Gasteiger partial charge < -0.3 is 14.5 Å². The highest BCUT2D eigenvalue weighted by Crippen LogP contribution is 2.31. The van der Waals surface area contributed by atoms with Crippen molar-refractivity contribution in [3.63, 3.8) is 0 Å². The van der Waals surface area contributed by atoms with Crippen molar-refractivity contribution in [1.82, 2.24) is 9.88 Å². The van der Waals surface area contributed by atoms with Gasteiger partial charge in [-0.3, -0.25) is 4.79 Å². The van der Waals surface area contributed by atoms with E-state index >= 15 is 0 Å². The third kappa shape index (κ3) is 6.13. The van der Waals surface area contributed by atoms with Crippen molar-refractivity contribution in [1.29, 1.82) is 0 Å². The van der Waals surface area contributed by atoms with Crippen LogP contribution in [0.15, 0.2) is 68.7 Å². The quantitative estimate of drug-likeness (QED) is 0.410. The third-order valence-corrected chi connectivity index (χ3v) is 10.2. The van der Waals surface area contributed by atoms with Gasteiger partial charge in [-0.15, -0.1) is 0 Å². The second kappa shape index (κ2) is 10.8. The Hall–Kier alpha value is -2.96. The van der Waals surface area contributed by atoms with Gasteiger partial charge in [-0.05, 0) is 36.2 Å². The minimum Gasteiger partial charge on any atom is -0.492 e. The van der Waals surface area contributed by atoms with Crippen LogP contribution in [0, 0.1) is 5.92 Å². The number of ether oxygens (including phenoxy) is 1. The van der Waals surface area contributed by atoms with E-state index < -0.39 is 19.7 Å². The van der Waals surface area contributed by atoms with E-state index in [0.717, 1.165) is 17.6 Å². The lowest BCUT2D eigenvalue weighted by molar-refractivity contribution is 0.0741. The second-order valence-corrected chi connectivity index (χ2v) is 14.4. The molecule has 4 rings (SSSR count). The molecule has 2 aromatic carbocycles. The lowest BCUT2D eigenvalue weighted by atomic mass is 10.1. The number of amides is 1. The number of anilines is 1. The maximum atomic E-state index is 13.4. The molecular formula is C25H29N3O6S3. The summed E-state index contributed by atoms with van der Waals surface area (Å²) in [5.74, 6) is 0.273. The molecular weight excluding hydrogens is 534 g/mol. The van der Waals surface area contributed by atoms with Crippen molar-refractivity contribution in [2.24, 2.45) is 5.92 Å². The number of hydrogen-bond acceptors (Lipinski definition) is 9. The summed E-state index contributed by atoms with van der Waals surface area (Å²) in [5.41, 5.74) is 0.211. The normalized spacial score (nSPS) is 14.7. The minimum atomic E-state index is -3.65. The summed E-state index contributed by atoms with van der Waals surface area (Å²) in [6.45, 7) is 6.01. The summed E-state index contributed by atoms with van der Waals surface area (Å²) in [4.78, 5) is 21.6. The van der Waals surface area contributed by atoms with Crippen molar-refractivity contribution in [2.75, 3.05) is 43.9 Å². The molecule has 37 heavy (non-hydrogen) atoms. The Morgan fingerprint density at radius 1 is 1.00 bits per heavy atom. The van der Waals surface area contributed by atoms with E-state index in [1.165, 1.54) is 24.4 Å². The number of thiazole rings is 1. The Bertz CT molecular complexity index is 1480. The Labute approximate surface area is 221 Å². The highest BCUT2D eigenvalue weighted by Gasteiger charge is 2.28. The molecule has 3 aromatic rings. The van der Waals surface area contributed by atoms with Gasteiger partial charge >= 0.3 is 0 Å². The van der Waals surface area contributed by atoms with Crippen molar-refractivity contribution in [2.45, 2.75) is 27.8 Å². The summed E-state index contributed by atoms with van der Waals surface area (Å²) in [6, 6.07) is 12.6. The van der Waals surface area contributed by atoms with E-state index in [1.54, 1.807) is 35.2 Å². The number of aromatic nitrogens is 1. The average molecular weight is 564 g/mol. The molecule has 12 heteroatoms. The maximum Gasteiger partial charge on any atom is 0.257 e. The molecule has 2 heterocycles. The molecule has 1 fully saturated rings. The molecule has 0 bridgehead atoms. The molecule has 1 amide bonds. The van der Waals surface area contributed by atoms with Gasteiger partial charge in [-0.2, -0.15) is 0 Å². The Kier molecular flexibility index (Phi) is 7.91. The fraction of sp³-hybridized carbons (Fsp3) is 0.360. The number of benzene rings is 2. The van der Waals surface area contributed by atoms with Gasteiger partial charge in [0.15, 0.2) is 15.0 Å². The lowest BCUT2D eigenvalue weighted by Gasteiger charge is -2.34. The Morgan fingerprint density at radius 2 is 1.68 bits per heavy atom. The maximum absolute atomic E-state index is 13.4. The first-order valence-electron chi connectivity index (χ1n) is 11.7. The van der Waals surface area contributed by atoms with Gasteiger partial charge in [0.2, 0.25) is 9.84 Å². The van der Waals surface area contributed by atoms with Crippen LogP contribution >= 0.6 is 11.3 Å². The molecule has 0 N–H and O–H groups in total. The van der Waals surface area contributed by atoms with E-state index in [-0.39, 0.29) is 31.4 Å². The molecule has 1 aromatic heterocycles. The minimum absolute atomic E-state index is 0.0568. The Balaban J connectivity index is 1.49. The zero-order valence-corrected chi connectivity index (χ0v) is 23.3. The molecule has 1 saturated heterocycles. The molecule has 0 radical (unpaired) electrons. The average Bonchev–Trinajstić information content (AvgIpc) is 3.38. The van der Waals surface area contributed by atoms with E-state index in [4.69, 9.17) is 4.74 Å². The smallest absolute Gasteiger partial charge is 0.257 e. The van der Waals surface area contributed by atoms with Crippen LogP contribution in [0.4, 0.5) is 5.13 Å². The van der Waals surface area contributed by atoms with Gasteiger partial charge in [0.1, 0.15) is 9.96 Å². The van der Waals surface area contributed by atoms with Gasteiger partial charge in [-0.1, -0.05) is 43.4 Å². The fourth-order valence-corrected chi connectivity index (χ4v) is 7.04. The van der Waals surface area contributed by atoms with Gasteiger partial charge in [-0.25, -0.2) is 21.8 Å². The van der Waals surface area contributed by atoms with Crippen LogP contribution in [0.1, 0.15) is 24.2 Å². The van der Waals surface area contributed by atoms with Crippen molar-refractivity contribution >= 4 is 42.1 Å². The summed E-state index contributed by atoms with van der Waals surface area (Å²) < 4.78 is 56.0. The predicted octanol–water partition coefficient (Wildman–Crippen LogP) is 3.38. The molecule has 198 valence electrons. The molecule has 0 atom stereocenters. The van der Waals surface area contributed by atoms with Crippen LogP contribution in [-0.2, 0) is 19.7 Å². The second-order valence-electron chi connectivity index (χ2n) is 9.19. The molecule has 1 aliphatic rings. The first kappa shape index (κ1) is 27.1. The highest BCUT2D eigenvalue weighted by molar-refractivity contribution is 7.93. The molecule has 0 aliphatic carbocycles. The summed E-state index contributed by atoms with van der Waals surface area (Å²) in [6.07, 6.45) is 2.47. The predicted molar refractivity (Wildman–Crippen MR) is 142 cm³/mol. The van der Waals surface area contributed by atoms with Crippen LogP contribution in [0.25, 0.3) is 0 Å². The number of carbonyl (C=O) groups is 1. The van der Waals surface area contributed by atoms with Gasteiger partial charge in [0, 0.05) is 32.4 Å². The number of hydrogen-bond donors (Lipinski definition) is 0. The fourth-order valence-electron chi connectivity index (χ4n) is 3.80. The van der Waals surface area contributed by atoms with E-state index in [9.17, 15) is 21.6 Å². The third-order valence-electron chi connectivity index (χ3n) is 5.81. The SMILES string of the molecule is CC(C)COc1ccc(S(C)(=O)=O)cc1C(=O)N1CCN(c2ncc(S(=O)(=O)c3ccccc3)s2)CC1. The summed E-state index contributed by atoms with van der Waals surface area (Å²) in [5, 5.41) is 0.571. The van der Waals surface area contributed by atoms with Gasteiger partial charge in [0.05, 0.1) is 28.2 Å². The van der Waals surface area contributed by atoms with Crippen LogP contribution in [0.3, 0.4) is 0 Å². The van der Waals surface area contributed by atoms with Crippen LogP contribution in [0.5, 0.6) is 5.75 Å². The zero-order valence-electron chi connectivity index (χ0n) is 20.8. The molecule has 0 spiro atoms. The van der Waals surface area contributed by atoms with Crippen molar-refractivity contribution in [3.8, 4) is 5.75 Å². The first-order chi connectivity index (χ1) is 17.5. The number of nitrogens with zero attached hydrogens (tertiary/aromatic N) is 3. The topological polar surface area (TPSA) is 114 Å². The first-order valence-corrected chi connectivity index (χ1v) is 15.9. The molecule has 0 saturated carbocycles. The van der Waals surface area contributed by atoms with Crippen molar-refractivity contribution < 1.29 is 26.4 Å². The van der Waals surface area contributed by atoms with Crippen LogP contribution in [0.2, 0.25) is 0 Å². The molecule has 0 unspecified atom stereocenters. The monoisotopic (exact) mass is 563 g/mol.